The van der Waals surface area contributed by atoms with E-state index in [1.165, 1.54) is 5.69 Å². The number of nitrogens with zero attached hydrogens (tertiary/aromatic N) is 3. The summed E-state index contributed by atoms with van der Waals surface area (Å²) >= 11 is 0. The van der Waals surface area contributed by atoms with E-state index in [2.05, 4.69) is 45.6 Å². The van der Waals surface area contributed by atoms with Crippen molar-refractivity contribution in [3.8, 4) is 0 Å². The highest BCUT2D eigenvalue weighted by molar-refractivity contribution is 6.01. The number of rotatable bonds is 2. The largest absolute Gasteiger partial charge is 0.369 e. The van der Waals surface area contributed by atoms with Crippen LogP contribution >= 0.6 is 0 Å². The lowest BCUT2D eigenvalue weighted by Gasteiger charge is -2.29. The number of amidine groups is 1. The summed E-state index contributed by atoms with van der Waals surface area (Å²) in [6.45, 7) is 21.0. The van der Waals surface area contributed by atoms with E-state index >= 15 is 0 Å². The number of hydrogen-bond acceptors (Lipinski definition) is 3. The second kappa shape index (κ2) is 17.4. The highest BCUT2D eigenvalue weighted by Crippen LogP contribution is 2.16. The molecule has 2 rings (SSSR count). The maximum absolute atomic E-state index is 4.08. The van der Waals surface area contributed by atoms with E-state index in [0.29, 0.717) is 5.84 Å². The third-order valence-electron chi connectivity index (χ3n) is 2.97. The smallest absolute Gasteiger partial charge is 0.153 e. The lowest BCUT2D eigenvalue weighted by atomic mass is 10.1. The van der Waals surface area contributed by atoms with Crippen molar-refractivity contribution in [2.75, 3.05) is 38.1 Å². The zero-order chi connectivity index (χ0) is 18.8. The van der Waals surface area contributed by atoms with Gasteiger partial charge in [-0.2, -0.15) is 0 Å². The molecule has 0 amide bonds. The van der Waals surface area contributed by atoms with Crippen LogP contribution in [0.2, 0.25) is 0 Å². The third kappa shape index (κ3) is 9.26. The van der Waals surface area contributed by atoms with Gasteiger partial charge in [-0.25, -0.2) is 4.99 Å². The first-order valence-electron chi connectivity index (χ1n) is 8.83. The molecule has 4 nitrogen and oxygen atoms in total. The van der Waals surface area contributed by atoms with Crippen LogP contribution in [0, 0.1) is 0 Å². The van der Waals surface area contributed by atoms with Crippen LogP contribution in [-0.2, 0) is 0 Å². The normalized spacial score (nSPS) is 13.1. The fraction of sp³-hybridized carbons (Fsp3) is 0.500. The van der Waals surface area contributed by atoms with Crippen LogP contribution in [0.1, 0.15) is 40.2 Å². The van der Waals surface area contributed by atoms with E-state index in [0.717, 1.165) is 31.7 Å². The molecule has 0 radical (unpaired) electrons. The Balaban J connectivity index is 0. The molecule has 1 aliphatic rings. The summed E-state index contributed by atoms with van der Waals surface area (Å²) in [6, 6.07) is 8.34. The molecular weight excluding hydrogens is 296 g/mol. The molecule has 0 unspecified atom stereocenters. The molecule has 0 saturated carbocycles. The number of piperazine rings is 1. The molecule has 1 N–H and O–H groups in total. The van der Waals surface area contributed by atoms with Gasteiger partial charge in [0.15, 0.2) is 5.84 Å². The Hall–Kier alpha value is -1.94. The van der Waals surface area contributed by atoms with Gasteiger partial charge >= 0.3 is 0 Å². The Bertz CT molecular complexity index is 443. The molecule has 1 aromatic rings. The van der Waals surface area contributed by atoms with Crippen LogP contribution in [0.4, 0.5) is 5.69 Å². The van der Waals surface area contributed by atoms with Gasteiger partial charge < -0.3 is 10.2 Å². The van der Waals surface area contributed by atoms with Gasteiger partial charge in [-0.3, -0.25) is 4.99 Å². The molecule has 1 aromatic carbocycles. The number of anilines is 1. The van der Waals surface area contributed by atoms with E-state index in [9.17, 15) is 0 Å². The van der Waals surface area contributed by atoms with Crippen LogP contribution in [0.3, 0.4) is 0 Å². The van der Waals surface area contributed by atoms with Gasteiger partial charge in [0.1, 0.15) is 0 Å². The first-order valence-corrected chi connectivity index (χ1v) is 8.83. The second-order valence-corrected chi connectivity index (χ2v) is 4.40. The fourth-order valence-corrected chi connectivity index (χ4v) is 2.04. The molecule has 0 aromatic heterocycles. The minimum absolute atomic E-state index is 0.692. The number of hydrogen-bond donors (Lipinski definition) is 1. The van der Waals surface area contributed by atoms with Gasteiger partial charge in [0.2, 0.25) is 0 Å². The Kier molecular flexibility index (Phi) is 17.6. The van der Waals surface area contributed by atoms with Gasteiger partial charge in [0.25, 0.3) is 0 Å². The Labute approximate surface area is 149 Å². The van der Waals surface area contributed by atoms with Crippen molar-refractivity contribution in [1.82, 2.24) is 5.32 Å². The van der Waals surface area contributed by atoms with Crippen LogP contribution in [0.25, 0.3) is 0 Å². The van der Waals surface area contributed by atoms with Crippen molar-refractivity contribution >= 4 is 18.2 Å². The summed E-state index contributed by atoms with van der Waals surface area (Å²) in [7, 11) is 1.73. The van der Waals surface area contributed by atoms with Gasteiger partial charge in [-0.1, -0.05) is 33.8 Å². The lowest BCUT2D eigenvalue weighted by Crippen LogP contribution is -2.43. The van der Waals surface area contributed by atoms with Gasteiger partial charge in [0.05, 0.1) is 0 Å². The van der Waals surface area contributed by atoms with Crippen molar-refractivity contribution in [3.63, 3.8) is 0 Å². The molecule has 0 aliphatic carbocycles. The number of nitrogens with one attached hydrogen (secondary N) is 1. The number of aliphatic imine (C=N–C) groups is 2. The van der Waals surface area contributed by atoms with Crippen molar-refractivity contribution in [3.05, 3.63) is 42.5 Å². The average Bonchev–Trinajstić information content (AvgIpc) is 2.68. The molecule has 4 heteroatoms. The number of allylic oxidation sites excluding steroid dienone is 1. The molecule has 0 spiro atoms. The lowest BCUT2D eigenvalue weighted by molar-refractivity contribution is 0.589. The van der Waals surface area contributed by atoms with E-state index in [1.54, 1.807) is 13.1 Å². The van der Waals surface area contributed by atoms with Crippen LogP contribution in [-0.4, -0.2) is 45.8 Å². The molecule has 1 aliphatic heterocycles. The maximum atomic E-state index is 4.08. The Morgan fingerprint density at radius 1 is 1.08 bits per heavy atom. The van der Waals surface area contributed by atoms with Crippen molar-refractivity contribution < 1.29 is 0 Å². The van der Waals surface area contributed by atoms with E-state index in [4.69, 9.17) is 0 Å². The van der Waals surface area contributed by atoms with Crippen molar-refractivity contribution in [2.45, 2.75) is 34.6 Å². The summed E-state index contributed by atoms with van der Waals surface area (Å²) in [5, 5.41) is 3.35. The molecule has 136 valence electrons. The van der Waals surface area contributed by atoms with E-state index in [1.807, 2.05) is 46.8 Å². The quantitative estimate of drug-likeness (QED) is 0.495. The first kappa shape index (κ1) is 24.3. The van der Waals surface area contributed by atoms with Gasteiger partial charge in [-0.05, 0) is 37.9 Å². The minimum atomic E-state index is 0.692. The zero-order valence-electron chi connectivity index (χ0n) is 16.5. The van der Waals surface area contributed by atoms with Gasteiger partial charge in [0, 0.05) is 44.5 Å². The Morgan fingerprint density at radius 2 is 1.54 bits per heavy atom. The van der Waals surface area contributed by atoms with Crippen LogP contribution in [0.15, 0.2) is 46.9 Å². The standard InChI is InChI=1S/C13H18N4.C3H6.2C2H6/c1-14-13(15-2)11-3-5-12(6-4-11)17-9-7-16-8-10-17;1-3-2;2*1-2/h3-6,16H,1,7-10H2,2H3;3H,1H2,2H3;2*1-2H3. The molecule has 0 bridgehead atoms. The highest BCUT2D eigenvalue weighted by atomic mass is 15.2. The van der Waals surface area contributed by atoms with Crippen LogP contribution in [0.5, 0.6) is 0 Å². The average molecular weight is 333 g/mol. The molecular formula is C20H36N4. The molecule has 1 saturated heterocycles. The highest BCUT2D eigenvalue weighted by Gasteiger charge is 2.10. The van der Waals surface area contributed by atoms with E-state index in [-0.39, 0.29) is 0 Å². The van der Waals surface area contributed by atoms with E-state index < -0.39 is 0 Å². The predicted octanol–water partition coefficient (Wildman–Crippen LogP) is 4.42. The second-order valence-electron chi connectivity index (χ2n) is 4.40. The van der Waals surface area contributed by atoms with Crippen LogP contribution < -0.4 is 10.2 Å². The first-order chi connectivity index (χ1) is 11.8. The monoisotopic (exact) mass is 332 g/mol. The Morgan fingerprint density at radius 3 is 1.92 bits per heavy atom. The molecule has 24 heavy (non-hydrogen) atoms. The summed E-state index contributed by atoms with van der Waals surface area (Å²) in [5.41, 5.74) is 2.27. The molecule has 1 fully saturated rings. The molecule has 1 heterocycles. The third-order valence-corrected chi connectivity index (χ3v) is 2.97. The minimum Gasteiger partial charge on any atom is -0.369 e. The summed E-state index contributed by atoms with van der Waals surface area (Å²) in [6.07, 6.45) is 1.75. The number of benzene rings is 1. The summed E-state index contributed by atoms with van der Waals surface area (Å²) in [4.78, 5) is 10.4. The fourth-order valence-electron chi connectivity index (χ4n) is 2.04. The summed E-state index contributed by atoms with van der Waals surface area (Å²) in [5.74, 6) is 0.692. The zero-order valence-corrected chi connectivity index (χ0v) is 16.5. The van der Waals surface area contributed by atoms with Gasteiger partial charge in [-0.15, -0.1) is 6.58 Å². The summed E-state index contributed by atoms with van der Waals surface area (Å²) < 4.78 is 0. The predicted molar refractivity (Wildman–Crippen MR) is 112 cm³/mol. The maximum Gasteiger partial charge on any atom is 0.153 e. The molecule has 0 atom stereocenters. The van der Waals surface area contributed by atoms with Crippen molar-refractivity contribution in [1.29, 1.82) is 0 Å². The van der Waals surface area contributed by atoms with Crippen molar-refractivity contribution in [2.24, 2.45) is 9.98 Å². The topological polar surface area (TPSA) is 40.0 Å². The SMILES string of the molecule is C=CC.C=NC(=NC)c1ccc(N2CCNCC2)cc1.CC.CC.